The zero-order valence-electron chi connectivity index (χ0n) is 12.3. The van der Waals surface area contributed by atoms with Gasteiger partial charge in [-0.1, -0.05) is 38.5 Å². The van der Waals surface area contributed by atoms with Crippen LogP contribution >= 0.6 is 0 Å². The average molecular weight is 265 g/mol. The average Bonchev–Trinajstić information content (AvgIpc) is 2.38. The van der Waals surface area contributed by atoms with Gasteiger partial charge in [-0.3, -0.25) is 4.79 Å². The maximum Gasteiger partial charge on any atom is 0.252 e. The highest BCUT2D eigenvalue weighted by atomic mass is 19.1. The van der Waals surface area contributed by atoms with E-state index < -0.39 is 6.17 Å². The van der Waals surface area contributed by atoms with Crippen LogP contribution in [-0.2, 0) is 0 Å². The Labute approximate surface area is 115 Å². The predicted octanol–water partition coefficient (Wildman–Crippen LogP) is 4.42. The van der Waals surface area contributed by atoms with Crippen molar-refractivity contribution in [1.29, 1.82) is 0 Å². The summed E-state index contributed by atoms with van der Waals surface area (Å²) < 4.78 is 14.1. The minimum atomic E-state index is -1.07. The fraction of sp³-hybridized carbons (Fsp3) is 0.562. The lowest BCUT2D eigenvalue weighted by Crippen LogP contribution is -2.43. The molecular formula is C16H24FNO. The van der Waals surface area contributed by atoms with E-state index in [1.54, 1.807) is 24.3 Å². The molecule has 1 rings (SSSR count). The highest BCUT2D eigenvalue weighted by Crippen LogP contribution is 2.26. The smallest absolute Gasteiger partial charge is 0.252 e. The molecular weight excluding hydrogens is 241 g/mol. The largest absolute Gasteiger partial charge is 0.347 e. The fourth-order valence-corrected chi connectivity index (χ4v) is 1.85. The van der Waals surface area contributed by atoms with Crippen LogP contribution < -0.4 is 5.32 Å². The van der Waals surface area contributed by atoms with Gasteiger partial charge in [0.15, 0.2) is 0 Å². The summed E-state index contributed by atoms with van der Waals surface area (Å²) in [5, 5.41) is 2.95. The minimum Gasteiger partial charge on any atom is -0.347 e. The van der Waals surface area contributed by atoms with Gasteiger partial charge in [0, 0.05) is 11.1 Å². The Hall–Kier alpha value is -1.38. The molecule has 0 fully saturated rings. The molecule has 0 saturated carbocycles. The Morgan fingerprint density at radius 3 is 2.53 bits per heavy atom. The zero-order valence-corrected chi connectivity index (χ0v) is 12.3. The molecule has 1 atom stereocenters. The molecule has 0 spiro atoms. The molecule has 1 amide bonds. The van der Waals surface area contributed by atoms with Crippen LogP contribution in [-0.4, -0.2) is 11.4 Å². The highest BCUT2D eigenvalue weighted by molar-refractivity contribution is 5.96. The Kier molecular flexibility index (Phi) is 5.52. The van der Waals surface area contributed by atoms with E-state index in [-0.39, 0.29) is 11.4 Å². The Balaban J connectivity index is 2.97. The molecule has 0 saturated heterocycles. The van der Waals surface area contributed by atoms with Crippen LogP contribution in [0.1, 0.15) is 69.1 Å². The van der Waals surface area contributed by atoms with Crippen molar-refractivity contribution in [3.63, 3.8) is 0 Å². The summed E-state index contributed by atoms with van der Waals surface area (Å²) in [6.45, 7) is 7.88. The van der Waals surface area contributed by atoms with Gasteiger partial charge in [-0.05, 0) is 38.3 Å². The monoisotopic (exact) mass is 265 g/mol. The van der Waals surface area contributed by atoms with Crippen LogP contribution in [0.25, 0.3) is 0 Å². The summed E-state index contributed by atoms with van der Waals surface area (Å²) >= 11 is 0. The molecule has 1 N–H and O–H groups in total. The van der Waals surface area contributed by atoms with Gasteiger partial charge >= 0.3 is 0 Å². The molecule has 106 valence electrons. The summed E-state index contributed by atoms with van der Waals surface area (Å²) in [7, 11) is 0. The van der Waals surface area contributed by atoms with Crippen molar-refractivity contribution >= 4 is 5.91 Å². The molecule has 0 aliphatic carbocycles. The second-order valence-corrected chi connectivity index (χ2v) is 5.54. The number of rotatable bonds is 6. The van der Waals surface area contributed by atoms with Crippen molar-refractivity contribution in [3.05, 3.63) is 35.4 Å². The molecule has 0 bridgehead atoms. The van der Waals surface area contributed by atoms with Crippen LogP contribution in [0, 0.1) is 0 Å². The van der Waals surface area contributed by atoms with E-state index >= 15 is 0 Å². The number of hydrogen-bond donors (Lipinski definition) is 1. The molecule has 2 nitrogen and oxygen atoms in total. The van der Waals surface area contributed by atoms with Crippen LogP contribution in [0.4, 0.5) is 4.39 Å². The maximum atomic E-state index is 14.1. The minimum absolute atomic E-state index is 0.193. The number of carbonyl (C=O) groups is 1. The molecule has 0 aliphatic rings. The van der Waals surface area contributed by atoms with Crippen molar-refractivity contribution in [2.75, 3.05) is 0 Å². The van der Waals surface area contributed by atoms with Crippen molar-refractivity contribution in [1.82, 2.24) is 5.32 Å². The van der Waals surface area contributed by atoms with Gasteiger partial charge in [-0.2, -0.15) is 0 Å². The molecule has 0 unspecified atom stereocenters. The summed E-state index contributed by atoms with van der Waals surface area (Å²) in [6, 6.07) is 6.95. The van der Waals surface area contributed by atoms with E-state index in [4.69, 9.17) is 0 Å². The van der Waals surface area contributed by atoms with E-state index in [1.165, 1.54) is 0 Å². The SMILES string of the molecule is CCC[C@@H](F)c1ccccc1C(=O)NC(C)(C)CC. The summed E-state index contributed by atoms with van der Waals surface area (Å²) in [6.07, 6.45) is 0.963. The number of hydrogen-bond acceptors (Lipinski definition) is 1. The van der Waals surface area contributed by atoms with E-state index in [0.29, 0.717) is 17.5 Å². The molecule has 0 aromatic heterocycles. The van der Waals surface area contributed by atoms with E-state index in [9.17, 15) is 9.18 Å². The Morgan fingerprint density at radius 1 is 1.32 bits per heavy atom. The van der Waals surface area contributed by atoms with Gasteiger partial charge in [-0.15, -0.1) is 0 Å². The molecule has 1 aromatic rings. The van der Waals surface area contributed by atoms with Crippen molar-refractivity contribution < 1.29 is 9.18 Å². The third-order valence-corrected chi connectivity index (χ3v) is 3.42. The zero-order chi connectivity index (χ0) is 14.5. The van der Waals surface area contributed by atoms with Crippen LogP contribution in [0.2, 0.25) is 0 Å². The van der Waals surface area contributed by atoms with Crippen molar-refractivity contribution in [3.8, 4) is 0 Å². The molecule has 0 aliphatic heterocycles. The first kappa shape index (κ1) is 15.7. The summed E-state index contributed by atoms with van der Waals surface area (Å²) in [5.74, 6) is -0.193. The third kappa shape index (κ3) is 4.34. The predicted molar refractivity (Wildman–Crippen MR) is 77.0 cm³/mol. The van der Waals surface area contributed by atoms with Gasteiger partial charge in [0.2, 0.25) is 0 Å². The normalized spacial score (nSPS) is 13.1. The molecule has 3 heteroatoms. The molecule has 19 heavy (non-hydrogen) atoms. The quantitative estimate of drug-likeness (QED) is 0.810. The lowest BCUT2D eigenvalue weighted by Gasteiger charge is -2.25. The van der Waals surface area contributed by atoms with Crippen LogP contribution in [0.3, 0.4) is 0 Å². The van der Waals surface area contributed by atoms with E-state index in [2.05, 4.69) is 5.32 Å². The standard InChI is InChI=1S/C16H24FNO/c1-5-9-14(17)12-10-7-8-11-13(12)15(19)18-16(3,4)6-2/h7-8,10-11,14H,5-6,9H2,1-4H3,(H,18,19)/t14-/m1/s1. The summed E-state index contributed by atoms with van der Waals surface area (Å²) in [5.41, 5.74) is 0.666. The number of nitrogens with one attached hydrogen (secondary N) is 1. The number of amides is 1. The number of benzene rings is 1. The van der Waals surface area contributed by atoms with Gasteiger partial charge in [0.1, 0.15) is 6.17 Å². The maximum absolute atomic E-state index is 14.1. The molecule has 0 heterocycles. The van der Waals surface area contributed by atoms with Gasteiger partial charge in [0.05, 0.1) is 0 Å². The van der Waals surface area contributed by atoms with E-state index in [1.807, 2.05) is 27.7 Å². The Bertz CT molecular complexity index is 429. The second kappa shape index (κ2) is 6.69. The number of alkyl halides is 1. The molecule has 0 radical (unpaired) electrons. The lowest BCUT2D eigenvalue weighted by atomic mass is 9.97. The number of halogens is 1. The molecule has 1 aromatic carbocycles. The van der Waals surface area contributed by atoms with E-state index in [0.717, 1.165) is 12.8 Å². The van der Waals surface area contributed by atoms with Crippen LogP contribution in [0.15, 0.2) is 24.3 Å². The Morgan fingerprint density at radius 2 is 1.95 bits per heavy atom. The highest BCUT2D eigenvalue weighted by Gasteiger charge is 2.22. The first-order valence-electron chi connectivity index (χ1n) is 6.96. The van der Waals surface area contributed by atoms with Crippen LogP contribution in [0.5, 0.6) is 0 Å². The third-order valence-electron chi connectivity index (χ3n) is 3.42. The lowest BCUT2D eigenvalue weighted by molar-refractivity contribution is 0.0908. The first-order chi connectivity index (χ1) is 8.91. The van der Waals surface area contributed by atoms with Gasteiger partial charge in [-0.25, -0.2) is 4.39 Å². The fourth-order valence-electron chi connectivity index (χ4n) is 1.85. The first-order valence-corrected chi connectivity index (χ1v) is 6.96. The van der Waals surface area contributed by atoms with Crippen molar-refractivity contribution in [2.24, 2.45) is 0 Å². The van der Waals surface area contributed by atoms with Gasteiger partial charge < -0.3 is 5.32 Å². The van der Waals surface area contributed by atoms with Crippen molar-refractivity contribution in [2.45, 2.75) is 58.7 Å². The second-order valence-electron chi connectivity index (χ2n) is 5.54. The topological polar surface area (TPSA) is 29.1 Å². The number of carbonyl (C=O) groups excluding carboxylic acids is 1. The summed E-state index contributed by atoms with van der Waals surface area (Å²) in [4.78, 5) is 12.3. The van der Waals surface area contributed by atoms with Gasteiger partial charge in [0.25, 0.3) is 5.91 Å².